The summed E-state index contributed by atoms with van der Waals surface area (Å²) in [4.78, 5) is 11.6. The highest BCUT2D eigenvalue weighted by molar-refractivity contribution is 9.09. The molecule has 1 atom stereocenters. The van der Waals surface area contributed by atoms with Crippen molar-refractivity contribution < 1.29 is 9.21 Å². The van der Waals surface area contributed by atoms with Crippen LogP contribution in [0.3, 0.4) is 0 Å². The van der Waals surface area contributed by atoms with Crippen molar-refractivity contribution in [3.05, 3.63) is 23.7 Å². The Morgan fingerprint density at radius 3 is 2.93 bits per heavy atom. The molecule has 78 valence electrons. The van der Waals surface area contributed by atoms with E-state index < -0.39 is 0 Å². The summed E-state index contributed by atoms with van der Waals surface area (Å²) in [6, 6.07) is 1.86. The molecule has 0 bridgehead atoms. The Kier molecular flexibility index (Phi) is 4.20. The van der Waals surface area contributed by atoms with Gasteiger partial charge in [0.05, 0.1) is 11.8 Å². The number of carbonyl (C=O) groups is 1. The summed E-state index contributed by atoms with van der Waals surface area (Å²) in [5, 5.41) is 3.78. The van der Waals surface area contributed by atoms with Gasteiger partial charge in [-0.05, 0) is 26.3 Å². The predicted octanol–water partition coefficient (Wildman–Crippen LogP) is 2.49. The quantitative estimate of drug-likeness (QED) is 0.845. The third-order valence-electron chi connectivity index (χ3n) is 2.02. The molecule has 0 spiro atoms. The summed E-state index contributed by atoms with van der Waals surface area (Å²) in [6.45, 7) is 3.76. The molecule has 0 radical (unpaired) electrons. The molecule has 1 aromatic rings. The van der Waals surface area contributed by atoms with Crippen LogP contribution in [-0.2, 0) is 0 Å². The Morgan fingerprint density at radius 2 is 2.43 bits per heavy atom. The number of aryl methyl sites for hydroxylation is 1. The van der Waals surface area contributed by atoms with Crippen LogP contribution in [0.2, 0.25) is 0 Å². The van der Waals surface area contributed by atoms with Crippen LogP contribution in [0.15, 0.2) is 16.7 Å². The first-order valence-electron chi connectivity index (χ1n) is 4.56. The summed E-state index contributed by atoms with van der Waals surface area (Å²) in [7, 11) is 0. The number of amides is 1. The van der Waals surface area contributed by atoms with Crippen LogP contribution in [0.25, 0.3) is 0 Å². The molecule has 1 unspecified atom stereocenters. The minimum Gasteiger partial charge on any atom is -0.469 e. The maximum atomic E-state index is 11.6. The lowest BCUT2D eigenvalue weighted by atomic mass is 10.2. The summed E-state index contributed by atoms with van der Waals surface area (Å²) < 4.78 is 5.06. The monoisotopic (exact) mass is 259 g/mol. The maximum absolute atomic E-state index is 11.6. The van der Waals surface area contributed by atoms with Gasteiger partial charge in [-0.3, -0.25) is 4.79 Å². The predicted molar refractivity (Wildman–Crippen MR) is 58.8 cm³/mol. The smallest absolute Gasteiger partial charge is 0.255 e. The van der Waals surface area contributed by atoms with E-state index in [0.29, 0.717) is 11.3 Å². The Hall–Kier alpha value is -0.770. The molecular formula is C10H14BrNO2. The molecule has 0 fully saturated rings. The van der Waals surface area contributed by atoms with Crippen molar-refractivity contribution in [2.45, 2.75) is 26.3 Å². The molecule has 0 saturated heterocycles. The molecule has 1 N–H and O–H groups in total. The number of halogens is 1. The van der Waals surface area contributed by atoms with Gasteiger partial charge in [-0.2, -0.15) is 0 Å². The average molecular weight is 260 g/mol. The Labute approximate surface area is 92.0 Å². The fraction of sp³-hybridized carbons (Fsp3) is 0.500. The van der Waals surface area contributed by atoms with E-state index in [9.17, 15) is 4.79 Å². The molecule has 14 heavy (non-hydrogen) atoms. The van der Waals surface area contributed by atoms with Crippen LogP contribution in [0.4, 0.5) is 0 Å². The highest BCUT2D eigenvalue weighted by Gasteiger charge is 2.13. The van der Waals surface area contributed by atoms with E-state index in [0.717, 1.165) is 11.8 Å². The molecule has 1 rings (SSSR count). The molecule has 3 nitrogen and oxygen atoms in total. The van der Waals surface area contributed by atoms with Crippen molar-refractivity contribution in [1.82, 2.24) is 5.32 Å². The minimum atomic E-state index is -0.0651. The van der Waals surface area contributed by atoms with Crippen LogP contribution in [0.1, 0.15) is 29.5 Å². The first kappa shape index (κ1) is 11.3. The molecule has 1 aromatic heterocycles. The molecule has 0 aromatic carbocycles. The van der Waals surface area contributed by atoms with Gasteiger partial charge < -0.3 is 9.73 Å². The highest BCUT2D eigenvalue weighted by atomic mass is 79.9. The van der Waals surface area contributed by atoms with E-state index in [1.165, 1.54) is 6.26 Å². The molecule has 0 aliphatic rings. The zero-order valence-electron chi connectivity index (χ0n) is 8.34. The molecular weight excluding hydrogens is 246 g/mol. The largest absolute Gasteiger partial charge is 0.469 e. The molecule has 0 saturated carbocycles. The number of hydrogen-bond donors (Lipinski definition) is 1. The van der Waals surface area contributed by atoms with E-state index in [2.05, 4.69) is 21.2 Å². The fourth-order valence-electron chi connectivity index (χ4n) is 1.16. The molecule has 0 aliphatic carbocycles. The van der Waals surface area contributed by atoms with Gasteiger partial charge in [-0.25, -0.2) is 0 Å². The second-order valence-electron chi connectivity index (χ2n) is 3.24. The Bertz CT molecular complexity index is 309. The van der Waals surface area contributed by atoms with Crippen molar-refractivity contribution in [3.8, 4) is 0 Å². The summed E-state index contributed by atoms with van der Waals surface area (Å²) in [5.41, 5.74) is 0.617. The molecule has 0 aliphatic heterocycles. The first-order chi connectivity index (χ1) is 6.65. The summed E-state index contributed by atoms with van der Waals surface area (Å²) in [5.74, 6) is 0.596. The van der Waals surface area contributed by atoms with Gasteiger partial charge in [0.15, 0.2) is 0 Å². The number of carbonyl (C=O) groups excluding carboxylic acids is 1. The Balaban J connectivity index is 2.55. The molecule has 4 heteroatoms. The highest BCUT2D eigenvalue weighted by Crippen LogP contribution is 2.08. The van der Waals surface area contributed by atoms with Crippen molar-refractivity contribution >= 4 is 21.8 Å². The van der Waals surface area contributed by atoms with Gasteiger partial charge in [0.2, 0.25) is 0 Å². The number of rotatable bonds is 4. The number of furan rings is 1. The average Bonchev–Trinajstić information content (AvgIpc) is 2.51. The second kappa shape index (κ2) is 5.20. The van der Waals surface area contributed by atoms with Gasteiger partial charge in [0.25, 0.3) is 5.91 Å². The fourth-order valence-corrected chi connectivity index (χ4v) is 1.84. The van der Waals surface area contributed by atoms with Gasteiger partial charge in [-0.1, -0.05) is 15.9 Å². The van der Waals surface area contributed by atoms with E-state index in [1.807, 2.05) is 6.92 Å². The minimum absolute atomic E-state index is 0.0651. The maximum Gasteiger partial charge on any atom is 0.255 e. The molecule has 1 heterocycles. The lowest BCUT2D eigenvalue weighted by Gasteiger charge is -2.11. The number of nitrogens with one attached hydrogen (secondary N) is 1. The lowest BCUT2D eigenvalue weighted by molar-refractivity contribution is 0.0938. The standard InChI is InChI=1S/C10H14BrNO2/c1-7(3-5-11)12-10(13)9-4-6-14-8(9)2/h4,6-7H,3,5H2,1-2H3,(H,12,13). The normalized spacial score (nSPS) is 12.5. The van der Waals surface area contributed by atoms with E-state index in [-0.39, 0.29) is 11.9 Å². The van der Waals surface area contributed by atoms with Gasteiger partial charge in [0, 0.05) is 11.4 Å². The summed E-state index contributed by atoms with van der Waals surface area (Å²) in [6.07, 6.45) is 2.45. The second-order valence-corrected chi connectivity index (χ2v) is 4.04. The SMILES string of the molecule is Cc1occc1C(=O)NC(C)CCBr. The van der Waals surface area contributed by atoms with Gasteiger partial charge >= 0.3 is 0 Å². The lowest BCUT2D eigenvalue weighted by Crippen LogP contribution is -2.32. The van der Waals surface area contributed by atoms with E-state index in [4.69, 9.17) is 4.42 Å². The molecule has 1 amide bonds. The zero-order valence-corrected chi connectivity index (χ0v) is 9.93. The van der Waals surface area contributed by atoms with Crippen molar-refractivity contribution in [3.63, 3.8) is 0 Å². The third kappa shape index (κ3) is 2.87. The van der Waals surface area contributed by atoms with Gasteiger partial charge in [-0.15, -0.1) is 0 Å². The van der Waals surface area contributed by atoms with Crippen LogP contribution in [-0.4, -0.2) is 17.3 Å². The van der Waals surface area contributed by atoms with Gasteiger partial charge in [0.1, 0.15) is 5.76 Å². The van der Waals surface area contributed by atoms with Crippen molar-refractivity contribution in [1.29, 1.82) is 0 Å². The third-order valence-corrected chi connectivity index (χ3v) is 2.48. The summed E-state index contributed by atoms with van der Waals surface area (Å²) >= 11 is 3.33. The van der Waals surface area contributed by atoms with Crippen LogP contribution in [0.5, 0.6) is 0 Å². The van der Waals surface area contributed by atoms with Crippen LogP contribution >= 0.6 is 15.9 Å². The zero-order chi connectivity index (χ0) is 10.6. The van der Waals surface area contributed by atoms with Crippen molar-refractivity contribution in [2.75, 3.05) is 5.33 Å². The topological polar surface area (TPSA) is 42.2 Å². The first-order valence-corrected chi connectivity index (χ1v) is 5.68. The Morgan fingerprint density at radius 1 is 1.71 bits per heavy atom. The van der Waals surface area contributed by atoms with Crippen LogP contribution in [0, 0.1) is 6.92 Å². The van der Waals surface area contributed by atoms with E-state index in [1.54, 1.807) is 13.0 Å². The van der Waals surface area contributed by atoms with Crippen molar-refractivity contribution in [2.24, 2.45) is 0 Å². The number of hydrogen-bond acceptors (Lipinski definition) is 2. The van der Waals surface area contributed by atoms with E-state index >= 15 is 0 Å². The van der Waals surface area contributed by atoms with Crippen LogP contribution < -0.4 is 5.32 Å². The number of alkyl halides is 1.